The molecule has 5 heteroatoms. The molecular weight excluding hydrogens is 326 g/mol. The molecule has 1 aromatic rings. The molecule has 1 aliphatic carbocycles. The van der Waals surface area contributed by atoms with E-state index >= 15 is 0 Å². The Morgan fingerprint density at radius 2 is 1.92 bits per heavy atom. The summed E-state index contributed by atoms with van der Waals surface area (Å²) in [5.41, 5.74) is 2.95. The van der Waals surface area contributed by atoms with Crippen LogP contribution in [0.4, 0.5) is 11.4 Å². The first-order valence-corrected chi connectivity index (χ1v) is 9.68. The highest BCUT2D eigenvalue weighted by molar-refractivity contribution is 5.91. The lowest BCUT2D eigenvalue weighted by molar-refractivity contribution is -0.131. The van der Waals surface area contributed by atoms with Crippen LogP contribution in [0.2, 0.25) is 0 Å². The number of hydrogen-bond donors (Lipinski definition) is 1. The third-order valence-electron chi connectivity index (χ3n) is 4.63. The number of nitrogens with one attached hydrogen (secondary N) is 1. The van der Waals surface area contributed by atoms with Crippen LogP contribution in [0.1, 0.15) is 52.0 Å². The Labute approximate surface area is 157 Å². The van der Waals surface area contributed by atoms with Crippen LogP contribution in [0.25, 0.3) is 0 Å². The number of hydrogen-bond acceptors (Lipinski definition) is 3. The lowest BCUT2D eigenvalue weighted by atomic mass is 10.1. The highest BCUT2D eigenvalue weighted by Crippen LogP contribution is 2.31. The van der Waals surface area contributed by atoms with Crippen molar-refractivity contribution in [2.24, 2.45) is 11.8 Å². The zero-order chi connectivity index (χ0) is 19.3. The van der Waals surface area contributed by atoms with Crippen molar-refractivity contribution in [1.29, 1.82) is 0 Å². The Hall–Kier alpha value is -2.04. The molecule has 1 saturated carbocycles. The number of amides is 2. The number of carbonyl (C=O) groups is 2. The van der Waals surface area contributed by atoms with E-state index in [1.807, 2.05) is 58.0 Å². The van der Waals surface area contributed by atoms with Gasteiger partial charge in [0.05, 0.1) is 0 Å². The minimum Gasteiger partial charge on any atom is -0.377 e. The fourth-order valence-corrected chi connectivity index (χ4v) is 3.10. The Kier molecular flexibility index (Phi) is 7.06. The predicted molar refractivity (Wildman–Crippen MR) is 107 cm³/mol. The molecule has 2 amide bonds. The summed E-state index contributed by atoms with van der Waals surface area (Å²) in [4.78, 5) is 28.5. The lowest BCUT2D eigenvalue weighted by Crippen LogP contribution is -2.32. The van der Waals surface area contributed by atoms with E-state index in [1.54, 1.807) is 0 Å². The van der Waals surface area contributed by atoms with Crippen LogP contribution >= 0.6 is 0 Å². The van der Waals surface area contributed by atoms with E-state index in [2.05, 4.69) is 10.2 Å². The van der Waals surface area contributed by atoms with Gasteiger partial charge in [0.25, 0.3) is 0 Å². The SMILES string of the molecule is CCC(=O)N(Cc1cc(NC(=O)CC(C)C)ccc1N(C)C)CC1CC1. The third-order valence-corrected chi connectivity index (χ3v) is 4.63. The highest BCUT2D eigenvalue weighted by Gasteiger charge is 2.27. The minimum absolute atomic E-state index is 0.0306. The minimum atomic E-state index is 0.0306. The van der Waals surface area contributed by atoms with Crippen molar-refractivity contribution < 1.29 is 9.59 Å². The second-order valence-electron chi connectivity index (χ2n) is 7.96. The monoisotopic (exact) mass is 359 g/mol. The molecule has 1 fully saturated rings. The molecule has 0 saturated heterocycles. The summed E-state index contributed by atoms with van der Waals surface area (Å²) in [5, 5.41) is 2.99. The molecule has 0 heterocycles. The van der Waals surface area contributed by atoms with Crippen LogP contribution < -0.4 is 10.2 Å². The van der Waals surface area contributed by atoms with E-state index in [4.69, 9.17) is 0 Å². The third kappa shape index (κ3) is 6.04. The van der Waals surface area contributed by atoms with Gasteiger partial charge in [-0.15, -0.1) is 0 Å². The van der Waals surface area contributed by atoms with Crippen molar-refractivity contribution in [2.75, 3.05) is 30.9 Å². The van der Waals surface area contributed by atoms with Gasteiger partial charge >= 0.3 is 0 Å². The van der Waals surface area contributed by atoms with Crippen LogP contribution in [-0.4, -0.2) is 37.4 Å². The molecule has 0 unspecified atom stereocenters. The Morgan fingerprint density at radius 1 is 1.23 bits per heavy atom. The summed E-state index contributed by atoms with van der Waals surface area (Å²) >= 11 is 0. The Morgan fingerprint density at radius 3 is 2.46 bits per heavy atom. The second-order valence-corrected chi connectivity index (χ2v) is 7.96. The smallest absolute Gasteiger partial charge is 0.224 e. The van der Waals surface area contributed by atoms with Gasteiger partial charge in [-0.3, -0.25) is 9.59 Å². The molecule has 0 aromatic heterocycles. The van der Waals surface area contributed by atoms with Crippen molar-refractivity contribution in [3.63, 3.8) is 0 Å². The van der Waals surface area contributed by atoms with Gasteiger partial charge in [-0.25, -0.2) is 0 Å². The largest absolute Gasteiger partial charge is 0.377 e. The van der Waals surface area contributed by atoms with Crippen molar-refractivity contribution in [3.05, 3.63) is 23.8 Å². The average Bonchev–Trinajstić information content (AvgIpc) is 3.36. The normalized spacial score (nSPS) is 13.6. The van der Waals surface area contributed by atoms with Gasteiger partial charge in [0.1, 0.15) is 0 Å². The summed E-state index contributed by atoms with van der Waals surface area (Å²) < 4.78 is 0. The number of nitrogens with zero attached hydrogens (tertiary/aromatic N) is 2. The summed E-state index contributed by atoms with van der Waals surface area (Å²) in [6.07, 6.45) is 3.47. The van der Waals surface area contributed by atoms with Crippen LogP contribution in [0, 0.1) is 11.8 Å². The highest BCUT2D eigenvalue weighted by atomic mass is 16.2. The quantitative estimate of drug-likeness (QED) is 0.728. The molecule has 26 heavy (non-hydrogen) atoms. The number of anilines is 2. The number of carbonyl (C=O) groups excluding carboxylic acids is 2. The first-order chi connectivity index (χ1) is 12.3. The standard InChI is InChI=1S/C21H33N3O2/c1-6-21(26)24(13-16-7-8-16)14-17-12-18(9-10-19(17)23(4)5)22-20(25)11-15(2)3/h9-10,12,15-16H,6-8,11,13-14H2,1-5H3,(H,22,25). The van der Waals surface area contributed by atoms with Crippen molar-refractivity contribution in [1.82, 2.24) is 4.90 Å². The zero-order valence-electron chi connectivity index (χ0n) is 16.8. The summed E-state index contributed by atoms with van der Waals surface area (Å²) in [6, 6.07) is 5.96. The molecule has 2 rings (SSSR count). The molecule has 0 bridgehead atoms. The topological polar surface area (TPSA) is 52.7 Å². The molecular formula is C21H33N3O2. The molecule has 0 radical (unpaired) electrons. The predicted octanol–water partition coefficient (Wildman–Crippen LogP) is 3.89. The van der Waals surface area contributed by atoms with Crippen molar-refractivity contribution in [3.8, 4) is 0 Å². The number of benzene rings is 1. The summed E-state index contributed by atoms with van der Waals surface area (Å²) in [6.45, 7) is 7.41. The van der Waals surface area contributed by atoms with Crippen molar-refractivity contribution in [2.45, 2.75) is 53.0 Å². The maximum absolute atomic E-state index is 12.4. The summed E-state index contributed by atoms with van der Waals surface area (Å²) in [5.74, 6) is 1.20. The van der Waals surface area contributed by atoms with E-state index in [-0.39, 0.29) is 11.8 Å². The van der Waals surface area contributed by atoms with Crippen LogP contribution in [0.15, 0.2) is 18.2 Å². The zero-order valence-corrected chi connectivity index (χ0v) is 16.8. The lowest BCUT2D eigenvalue weighted by Gasteiger charge is -2.26. The molecule has 1 N–H and O–H groups in total. The second kappa shape index (κ2) is 9.06. The van der Waals surface area contributed by atoms with Gasteiger partial charge < -0.3 is 15.1 Å². The maximum atomic E-state index is 12.4. The van der Waals surface area contributed by atoms with Crippen LogP contribution in [0.3, 0.4) is 0 Å². The Bertz CT molecular complexity index is 636. The number of rotatable bonds is 9. The van der Waals surface area contributed by atoms with Crippen LogP contribution in [-0.2, 0) is 16.1 Å². The van der Waals surface area contributed by atoms with Gasteiger partial charge in [-0.2, -0.15) is 0 Å². The van der Waals surface area contributed by atoms with E-state index in [0.717, 1.165) is 23.5 Å². The van der Waals surface area contributed by atoms with Crippen molar-refractivity contribution >= 4 is 23.2 Å². The maximum Gasteiger partial charge on any atom is 0.224 e. The molecule has 0 atom stereocenters. The molecule has 1 aliphatic rings. The molecule has 0 aliphatic heterocycles. The van der Waals surface area contributed by atoms with E-state index in [9.17, 15) is 9.59 Å². The average molecular weight is 360 g/mol. The van der Waals surface area contributed by atoms with Gasteiger partial charge in [0.2, 0.25) is 11.8 Å². The van der Waals surface area contributed by atoms with E-state index in [0.29, 0.717) is 31.2 Å². The van der Waals surface area contributed by atoms with Gasteiger partial charge in [0.15, 0.2) is 0 Å². The van der Waals surface area contributed by atoms with Crippen LogP contribution in [0.5, 0.6) is 0 Å². The van der Waals surface area contributed by atoms with E-state index < -0.39 is 0 Å². The summed E-state index contributed by atoms with van der Waals surface area (Å²) in [7, 11) is 4.01. The van der Waals surface area contributed by atoms with Gasteiger partial charge in [-0.1, -0.05) is 20.8 Å². The van der Waals surface area contributed by atoms with E-state index in [1.165, 1.54) is 12.8 Å². The van der Waals surface area contributed by atoms with Gasteiger partial charge in [-0.05, 0) is 48.4 Å². The van der Waals surface area contributed by atoms with Gasteiger partial charge in [0, 0.05) is 51.4 Å². The molecule has 1 aromatic carbocycles. The molecule has 144 valence electrons. The fourth-order valence-electron chi connectivity index (χ4n) is 3.10. The molecule has 5 nitrogen and oxygen atoms in total. The Balaban J connectivity index is 2.20. The fraction of sp³-hybridized carbons (Fsp3) is 0.619. The molecule has 0 spiro atoms. The first-order valence-electron chi connectivity index (χ1n) is 9.68. The first kappa shape index (κ1) is 20.3.